The van der Waals surface area contributed by atoms with E-state index in [9.17, 15) is 26.3 Å². The van der Waals surface area contributed by atoms with Gasteiger partial charge in [0.05, 0.1) is 17.3 Å². The van der Waals surface area contributed by atoms with Crippen LogP contribution in [-0.4, -0.2) is 11.2 Å². The van der Waals surface area contributed by atoms with Gasteiger partial charge in [-0.25, -0.2) is 0 Å². The van der Waals surface area contributed by atoms with Gasteiger partial charge in [0, 0.05) is 12.6 Å². The Hall–Kier alpha value is -1.35. The van der Waals surface area contributed by atoms with Gasteiger partial charge in [-0.15, -0.1) is 0 Å². The van der Waals surface area contributed by atoms with Crippen LogP contribution in [0.4, 0.5) is 26.3 Å². The maximum Gasteiger partial charge on any atom is 0.417 e. The summed E-state index contributed by atoms with van der Waals surface area (Å²) in [6.45, 7) is 0. The molecule has 0 spiro atoms. The number of alkyl halides is 6. The van der Waals surface area contributed by atoms with Crippen LogP contribution < -0.4 is 11.3 Å². The first-order valence-electron chi connectivity index (χ1n) is 5.69. The molecule has 0 radical (unpaired) electrons. The van der Waals surface area contributed by atoms with Gasteiger partial charge in [0.2, 0.25) is 0 Å². The summed E-state index contributed by atoms with van der Waals surface area (Å²) in [6.07, 6.45) is -9.30. The normalized spacial score (nSPS) is 14.3. The van der Waals surface area contributed by atoms with Crippen molar-refractivity contribution in [2.75, 3.05) is 0 Å². The fourth-order valence-corrected chi connectivity index (χ4v) is 1.60. The van der Waals surface area contributed by atoms with Crippen molar-refractivity contribution in [2.45, 2.75) is 37.7 Å². The van der Waals surface area contributed by atoms with Crippen LogP contribution in [-0.2, 0) is 6.18 Å². The van der Waals surface area contributed by atoms with E-state index in [4.69, 9.17) is 5.84 Å². The van der Waals surface area contributed by atoms with Crippen molar-refractivity contribution in [1.29, 1.82) is 0 Å². The number of aromatic nitrogens is 1. The number of halogens is 6. The summed E-state index contributed by atoms with van der Waals surface area (Å²) in [5, 5.41) is 0. The maximum atomic E-state index is 12.3. The fourth-order valence-electron chi connectivity index (χ4n) is 1.60. The molecule has 0 amide bonds. The highest BCUT2D eigenvalue weighted by Crippen LogP contribution is 2.30. The number of hydrogen-bond acceptors (Lipinski definition) is 3. The lowest BCUT2D eigenvalue weighted by atomic mass is 10.1. The molecule has 3 N–H and O–H groups in total. The number of nitrogens with one attached hydrogen (secondary N) is 1. The highest BCUT2D eigenvalue weighted by atomic mass is 19.4. The van der Waals surface area contributed by atoms with Crippen LogP contribution >= 0.6 is 0 Å². The molecule has 0 saturated carbocycles. The third-order valence-corrected chi connectivity index (χ3v) is 2.62. The van der Waals surface area contributed by atoms with E-state index in [0.717, 1.165) is 12.1 Å². The van der Waals surface area contributed by atoms with Crippen LogP contribution in [0.1, 0.15) is 36.6 Å². The lowest BCUT2D eigenvalue weighted by Crippen LogP contribution is -2.29. The second-order valence-corrected chi connectivity index (χ2v) is 4.20. The molecule has 3 nitrogen and oxygen atoms in total. The van der Waals surface area contributed by atoms with E-state index in [1.165, 1.54) is 0 Å². The van der Waals surface area contributed by atoms with Gasteiger partial charge in [-0.3, -0.25) is 16.3 Å². The molecule has 0 aromatic carbocycles. The van der Waals surface area contributed by atoms with Gasteiger partial charge >= 0.3 is 12.4 Å². The van der Waals surface area contributed by atoms with Crippen LogP contribution in [0, 0.1) is 0 Å². The van der Waals surface area contributed by atoms with E-state index in [2.05, 4.69) is 10.4 Å². The minimum Gasteiger partial charge on any atom is -0.271 e. The first-order valence-corrected chi connectivity index (χ1v) is 5.69. The van der Waals surface area contributed by atoms with Crippen molar-refractivity contribution in [1.82, 2.24) is 10.4 Å². The Labute approximate surface area is 111 Å². The van der Waals surface area contributed by atoms with Gasteiger partial charge < -0.3 is 0 Å². The maximum absolute atomic E-state index is 12.3. The van der Waals surface area contributed by atoms with Gasteiger partial charge in [-0.1, -0.05) is 0 Å². The number of nitrogens with zero attached hydrogens (tertiary/aromatic N) is 1. The van der Waals surface area contributed by atoms with Crippen LogP contribution in [0.15, 0.2) is 18.3 Å². The van der Waals surface area contributed by atoms with Crippen molar-refractivity contribution in [3.05, 3.63) is 29.6 Å². The molecule has 0 aliphatic carbocycles. The predicted octanol–water partition coefficient (Wildman–Crippen LogP) is 3.34. The average molecular weight is 301 g/mol. The van der Waals surface area contributed by atoms with Crippen LogP contribution in [0.2, 0.25) is 0 Å². The van der Waals surface area contributed by atoms with Crippen LogP contribution in [0.3, 0.4) is 0 Å². The Morgan fingerprint density at radius 1 is 1.15 bits per heavy atom. The summed E-state index contributed by atoms with van der Waals surface area (Å²) in [6, 6.07) is 1.19. The molecule has 0 fully saturated rings. The quantitative estimate of drug-likeness (QED) is 0.498. The van der Waals surface area contributed by atoms with Gasteiger partial charge in [-0.05, 0) is 25.0 Å². The zero-order valence-electron chi connectivity index (χ0n) is 10.2. The minimum absolute atomic E-state index is 0.0222. The molecule has 0 aliphatic rings. The largest absolute Gasteiger partial charge is 0.417 e. The van der Waals surface area contributed by atoms with E-state index in [1.807, 2.05) is 0 Å². The predicted molar refractivity (Wildman–Crippen MR) is 59.2 cm³/mol. The smallest absolute Gasteiger partial charge is 0.271 e. The van der Waals surface area contributed by atoms with E-state index in [1.54, 1.807) is 0 Å². The summed E-state index contributed by atoms with van der Waals surface area (Å²) in [5.74, 6) is 5.18. The molecule has 0 bridgehead atoms. The molecular formula is C11H13F6N3. The zero-order chi connectivity index (χ0) is 15.4. The molecule has 1 rings (SSSR count). The summed E-state index contributed by atoms with van der Waals surface area (Å²) < 4.78 is 73.0. The Morgan fingerprint density at radius 3 is 2.20 bits per heavy atom. The number of hydrazine groups is 1. The number of hydrogen-bond donors (Lipinski definition) is 2. The van der Waals surface area contributed by atoms with Crippen molar-refractivity contribution in [3.8, 4) is 0 Å². The summed E-state index contributed by atoms with van der Waals surface area (Å²) in [4.78, 5) is 3.59. The summed E-state index contributed by atoms with van der Waals surface area (Å²) >= 11 is 0. The molecule has 1 unspecified atom stereocenters. The van der Waals surface area contributed by atoms with E-state index >= 15 is 0 Å². The molecule has 114 valence electrons. The number of pyridine rings is 1. The monoisotopic (exact) mass is 301 g/mol. The molecule has 1 atom stereocenters. The first-order chi connectivity index (χ1) is 9.13. The number of nitrogens with two attached hydrogens (primary N) is 1. The van der Waals surface area contributed by atoms with Crippen molar-refractivity contribution in [2.24, 2.45) is 5.84 Å². The second-order valence-electron chi connectivity index (χ2n) is 4.20. The molecular weight excluding hydrogens is 288 g/mol. The third-order valence-electron chi connectivity index (χ3n) is 2.62. The Bertz CT molecular complexity index is 412. The van der Waals surface area contributed by atoms with Crippen molar-refractivity contribution in [3.63, 3.8) is 0 Å². The summed E-state index contributed by atoms with van der Waals surface area (Å²) in [7, 11) is 0. The summed E-state index contributed by atoms with van der Waals surface area (Å²) in [5.41, 5.74) is 1.50. The lowest BCUT2D eigenvalue weighted by molar-refractivity contribution is -0.138. The van der Waals surface area contributed by atoms with E-state index < -0.39 is 30.4 Å². The topological polar surface area (TPSA) is 50.9 Å². The number of rotatable bonds is 5. The standard InChI is InChI=1S/C11H13F6N3/c12-10(13,14)5-1-2-9(20-18)8-4-3-7(6-19-8)11(15,16)17/h3-4,6,9,20H,1-2,5,18H2. The van der Waals surface area contributed by atoms with E-state index in [-0.39, 0.29) is 18.5 Å². The second kappa shape index (κ2) is 6.40. The highest BCUT2D eigenvalue weighted by molar-refractivity contribution is 5.18. The molecule has 1 aromatic heterocycles. The fraction of sp³-hybridized carbons (Fsp3) is 0.545. The van der Waals surface area contributed by atoms with Crippen molar-refractivity contribution < 1.29 is 26.3 Å². The molecule has 9 heteroatoms. The Balaban J connectivity index is 2.66. The Morgan fingerprint density at radius 2 is 1.80 bits per heavy atom. The molecule has 1 heterocycles. The van der Waals surface area contributed by atoms with Crippen LogP contribution in [0.5, 0.6) is 0 Å². The first kappa shape index (κ1) is 16.7. The van der Waals surface area contributed by atoms with Gasteiger partial charge in [0.25, 0.3) is 0 Å². The molecule has 0 aliphatic heterocycles. The molecule has 20 heavy (non-hydrogen) atoms. The molecule has 0 saturated heterocycles. The lowest BCUT2D eigenvalue weighted by Gasteiger charge is -2.16. The highest BCUT2D eigenvalue weighted by Gasteiger charge is 2.31. The average Bonchev–Trinajstić information content (AvgIpc) is 2.32. The molecule has 1 aromatic rings. The van der Waals surface area contributed by atoms with Crippen LogP contribution in [0.25, 0.3) is 0 Å². The van der Waals surface area contributed by atoms with Crippen molar-refractivity contribution >= 4 is 0 Å². The van der Waals surface area contributed by atoms with Gasteiger partial charge in [0.15, 0.2) is 0 Å². The van der Waals surface area contributed by atoms with E-state index in [0.29, 0.717) is 6.20 Å². The third kappa shape index (κ3) is 5.33. The SMILES string of the molecule is NNC(CCCC(F)(F)F)c1ccc(C(F)(F)F)cn1. The Kier molecular flexibility index (Phi) is 5.35. The van der Waals surface area contributed by atoms with Gasteiger partial charge in [0.1, 0.15) is 0 Å². The van der Waals surface area contributed by atoms with Gasteiger partial charge in [-0.2, -0.15) is 26.3 Å². The minimum atomic E-state index is -4.51. The zero-order valence-corrected chi connectivity index (χ0v) is 10.2.